The molecule has 0 aliphatic carbocycles. The summed E-state index contributed by atoms with van der Waals surface area (Å²) < 4.78 is -1.39. The van der Waals surface area contributed by atoms with E-state index in [4.69, 9.17) is 40.1 Å². The lowest BCUT2D eigenvalue weighted by molar-refractivity contribution is 0.838. The summed E-state index contributed by atoms with van der Waals surface area (Å²) in [6, 6.07) is 1.71. The zero-order valence-electron chi connectivity index (χ0n) is 5.15. The Balaban J connectivity index is 3.91. The Bertz CT molecular complexity index is 159. The van der Waals surface area contributed by atoms with E-state index in [9.17, 15) is 0 Å². The minimum Gasteiger partial charge on any atom is -0.195 e. The Hall–Kier alpha value is 0.1000. The van der Waals surface area contributed by atoms with Gasteiger partial charge in [-0.25, -0.2) is 0 Å². The van der Waals surface area contributed by atoms with Crippen LogP contribution in [0.25, 0.3) is 0 Å². The summed E-state index contributed by atoms with van der Waals surface area (Å²) >= 11 is 16.5. The second kappa shape index (κ2) is 4.08. The van der Waals surface area contributed by atoms with Gasteiger partial charge < -0.3 is 0 Å². The van der Waals surface area contributed by atoms with Crippen LogP contribution in [0.1, 0.15) is 6.42 Å². The molecular weight excluding hydrogens is 192 g/mol. The molecule has 0 spiro atoms. The minimum atomic E-state index is -1.39. The maximum absolute atomic E-state index is 8.33. The van der Waals surface area contributed by atoms with Crippen molar-refractivity contribution in [3.8, 4) is 6.07 Å². The maximum atomic E-state index is 8.33. The van der Waals surface area contributed by atoms with Crippen LogP contribution in [0.15, 0.2) is 12.7 Å². The number of allylic oxidation sites excluding steroid dienone is 1. The van der Waals surface area contributed by atoms with Crippen molar-refractivity contribution in [3.63, 3.8) is 0 Å². The molecule has 56 valence electrons. The van der Waals surface area contributed by atoms with E-state index >= 15 is 0 Å². The third-order valence-corrected chi connectivity index (χ3v) is 1.68. The van der Waals surface area contributed by atoms with E-state index < -0.39 is 4.33 Å². The first-order valence-corrected chi connectivity index (χ1v) is 3.77. The van der Waals surface area contributed by atoms with Gasteiger partial charge in [0.2, 0.25) is 4.33 Å². The van der Waals surface area contributed by atoms with Crippen LogP contribution in [0, 0.1) is 11.3 Å². The van der Waals surface area contributed by atoms with E-state index in [-0.39, 0.29) is 11.8 Å². The SMILES string of the molecule is C=CC(Cl)CC(Cl)(Cl)C#N. The Labute approximate surface area is 75.2 Å². The third-order valence-electron chi connectivity index (χ3n) is 0.871. The lowest BCUT2D eigenvalue weighted by atomic mass is 10.2. The van der Waals surface area contributed by atoms with Crippen molar-refractivity contribution in [2.75, 3.05) is 0 Å². The molecule has 0 aromatic rings. The van der Waals surface area contributed by atoms with Crippen molar-refractivity contribution in [2.45, 2.75) is 16.1 Å². The van der Waals surface area contributed by atoms with E-state index in [1.54, 1.807) is 6.07 Å². The number of hydrogen-bond acceptors (Lipinski definition) is 1. The van der Waals surface area contributed by atoms with Gasteiger partial charge in [-0.3, -0.25) is 0 Å². The largest absolute Gasteiger partial charge is 0.205 e. The topological polar surface area (TPSA) is 23.8 Å². The van der Waals surface area contributed by atoms with Crippen molar-refractivity contribution in [1.82, 2.24) is 0 Å². The average Bonchev–Trinajstić information content (AvgIpc) is 1.87. The Kier molecular flexibility index (Phi) is 4.12. The molecule has 0 rings (SSSR count). The third kappa shape index (κ3) is 4.00. The van der Waals surface area contributed by atoms with E-state index in [1.165, 1.54) is 6.08 Å². The minimum absolute atomic E-state index is 0.192. The molecule has 4 heteroatoms. The number of rotatable bonds is 3. The molecule has 0 amide bonds. The lowest BCUT2D eigenvalue weighted by Crippen LogP contribution is -2.14. The average molecular weight is 198 g/mol. The molecular formula is C6H6Cl3N. The summed E-state index contributed by atoms with van der Waals surface area (Å²) in [7, 11) is 0. The molecule has 0 heterocycles. The van der Waals surface area contributed by atoms with Gasteiger partial charge in [0.15, 0.2) is 0 Å². The molecule has 0 fully saturated rings. The van der Waals surface area contributed by atoms with E-state index in [0.717, 1.165) is 0 Å². The lowest BCUT2D eigenvalue weighted by Gasteiger charge is -2.10. The van der Waals surface area contributed by atoms with E-state index in [0.29, 0.717) is 0 Å². The highest BCUT2D eigenvalue weighted by atomic mass is 35.5. The Morgan fingerprint density at radius 1 is 1.70 bits per heavy atom. The molecule has 0 aliphatic rings. The van der Waals surface area contributed by atoms with Crippen LogP contribution in [-0.4, -0.2) is 9.71 Å². The van der Waals surface area contributed by atoms with Crippen molar-refractivity contribution in [2.24, 2.45) is 0 Å². The normalized spacial score (nSPS) is 13.8. The van der Waals surface area contributed by atoms with Crippen LogP contribution in [0.4, 0.5) is 0 Å². The second-order valence-electron chi connectivity index (χ2n) is 1.77. The van der Waals surface area contributed by atoms with Crippen LogP contribution >= 0.6 is 34.8 Å². The predicted octanol–water partition coefficient (Wildman–Crippen LogP) is 2.87. The monoisotopic (exact) mass is 197 g/mol. The molecule has 0 bridgehead atoms. The zero-order chi connectivity index (χ0) is 8.20. The van der Waals surface area contributed by atoms with Crippen molar-refractivity contribution in [3.05, 3.63) is 12.7 Å². The molecule has 0 saturated carbocycles. The van der Waals surface area contributed by atoms with Crippen molar-refractivity contribution < 1.29 is 0 Å². The van der Waals surface area contributed by atoms with Crippen LogP contribution in [0.3, 0.4) is 0 Å². The molecule has 0 aromatic carbocycles. The smallest absolute Gasteiger partial charge is 0.195 e. The Morgan fingerprint density at radius 2 is 2.20 bits per heavy atom. The van der Waals surface area contributed by atoms with Gasteiger partial charge in [0.1, 0.15) is 6.07 Å². The zero-order valence-corrected chi connectivity index (χ0v) is 7.42. The summed E-state index contributed by atoms with van der Waals surface area (Å²) in [5.74, 6) is 0. The second-order valence-corrected chi connectivity index (χ2v) is 3.82. The highest BCUT2D eigenvalue weighted by Crippen LogP contribution is 2.27. The Morgan fingerprint density at radius 3 is 2.50 bits per heavy atom. The highest BCUT2D eigenvalue weighted by molar-refractivity contribution is 6.50. The number of alkyl halides is 3. The molecule has 0 N–H and O–H groups in total. The first-order valence-electron chi connectivity index (χ1n) is 2.57. The molecule has 10 heavy (non-hydrogen) atoms. The van der Waals surface area contributed by atoms with Crippen LogP contribution in [-0.2, 0) is 0 Å². The van der Waals surface area contributed by atoms with Gasteiger partial charge in [-0.05, 0) is 0 Å². The van der Waals surface area contributed by atoms with Gasteiger partial charge in [0, 0.05) is 6.42 Å². The molecule has 1 nitrogen and oxygen atoms in total. The highest BCUT2D eigenvalue weighted by Gasteiger charge is 2.25. The molecule has 0 aromatic heterocycles. The predicted molar refractivity (Wildman–Crippen MR) is 44.5 cm³/mol. The maximum Gasteiger partial charge on any atom is 0.205 e. The fraction of sp³-hybridized carbons (Fsp3) is 0.500. The summed E-state index contributed by atoms with van der Waals surface area (Å²) in [5, 5.41) is 7.98. The molecule has 0 aliphatic heterocycles. The summed E-state index contributed by atoms with van der Waals surface area (Å²) in [4.78, 5) is 0. The van der Waals surface area contributed by atoms with E-state index in [2.05, 4.69) is 6.58 Å². The first kappa shape index (κ1) is 10.1. The summed E-state index contributed by atoms with van der Waals surface area (Å²) in [6.45, 7) is 3.42. The van der Waals surface area contributed by atoms with Crippen LogP contribution in [0.5, 0.6) is 0 Å². The van der Waals surface area contributed by atoms with Gasteiger partial charge >= 0.3 is 0 Å². The summed E-state index contributed by atoms with van der Waals surface area (Å²) in [6.07, 6.45) is 1.68. The number of hydrogen-bond donors (Lipinski definition) is 0. The first-order chi connectivity index (χ1) is 4.52. The van der Waals surface area contributed by atoms with Crippen LogP contribution < -0.4 is 0 Å². The molecule has 0 radical (unpaired) electrons. The number of nitriles is 1. The van der Waals surface area contributed by atoms with Gasteiger partial charge in [-0.15, -0.1) is 18.2 Å². The summed E-state index contributed by atoms with van der Waals surface area (Å²) in [5.41, 5.74) is 0. The van der Waals surface area contributed by atoms with Crippen molar-refractivity contribution in [1.29, 1.82) is 5.26 Å². The quantitative estimate of drug-likeness (QED) is 0.505. The molecule has 1 unspecified atom stereocenters. The fourth-order valence-corrected chi connectivity index (χ4v) is 1.10. The van der Waals surface area contributed by atoms with Gasteiger partial charge in [0.25, 0.3) is 0 Å². The standard InChI is InChI=1S/C6H6Cl3N/c1-2-5(7)3-6(8,9)4-10/h2,5H,1,3H2. The van der Waals surface area contributed by atoms with Gasteiger partial charge in [-0.2, -0.15) is 5.26 Å². The van der Waals surface area contributed by atoms with Gasteiger partial charge in [-0.1, -0.05) is 29.3 Å². The molecule has 0 saturated heterocycles. The fourth-order valence-electron chi connectivity index (χ4n) is 0.374. The number of halogens is 3. The molecule has 1 atom stereocenters. The van der Waals surface area contributed by atoms with Crippen LogP contribution in [0.2, 0.25) is 0 Å². The van der Waals surface area contributed by atoms with Gasteiger partial charge in [0.05, 0.1) is 5.38 Å². The number of nitrogens with zero attached hydrogens (tertiary/aromatic N) is 1. The van der Waals surface area contributed by atoms with E-state index in [1.807, 2.05) is 0 Å². The van der Waals surface area contributed by atoms with Crippen molar-refractivity contribution >= 4 is 34.8 Å².